The first kappa shape index (κ1) is 19.0. The number of anilines is 4. The quantitative estimate of drug-likeness (QED) is 0.641. The van der Waals surface area contributed by atoms with Crippen molar-refractivity contribution in [3.8, 4) is 0 Å². The summed E-state index contributed by atoms with van der Waals surface area (Å²) in [5, 5.41) is 3.31. The molecule has 1 N–H and O–H groups in total. The van der Waals surface area contributed by atoms with Gasteiger partial charge in [-0.1, -0.05) is 18.2 Å². The van der Waals surface area contributed by atoms with Crippen LogP contribution in [0.5, 0.6) is 0 Å². The lowest BCUT2D eigenvalue weighted by molar-refractivity contribution is 0.0988. The van der Waals surface area contributed by atoms with E-state index in [-0.39, 0.29) is 5.91 Å². The highest BCUT2D eigenvalue weighted by Gasteiger charge is 2.16. The van der Waals surface area contributed by atoms with E-state index < -0.39 is 0 Å². The lowest BCUT2D eigenvalue weighted by Crippen LogP contribution is -2.30. The van der Waals surface area contributed by atoms with Crippen LogP contribution in [0.25, 0.3) is 0 Å². The zero-order valence-electron chi connectivity index (χ0n) is 16.7. The first-order valence-electron chi connectivity index (χ1n) is 10.2. The number of aromatic nitrogens is 1. The zero-order chi connectivity index (χ0) is 20.1. The number of hydrogen-bond donors (Lipinski definition) is 1. The minimum Gasteiger partial charge on any atom is -0.372 e. The molecule has 2 heterocycles. The molecule has 0 bridgehead atoms. The number of rotatable bonds is 6. The number of carbonyl (C=O) groups is 1. The highest BCUT2D eigenvalue weighted by atomic mass is 16.2. The Bertz CT molecular complexity index is 933. The maximum Gasteiger partial charge on any atom is 0.259 e. The monoisotopic (exact) mass is 386 g/mol. The molecule has 1 aliphatic heterocycles. The molecular formula is C24H26N4O. The van der Waals surface area contributed by atoms with Crippen LogP contribution in [-0.2, 0) is 0 Å². The maximum atomic E-state index is 12.9. The molecule has 2 aromatic carbocycles. The van der Waals surface area contributed by atoms with Gasteiger partial charge in [-0.3, -0.25) is 4.79 Å². The summed E-state index contributed by atoms with van der Waals surface area (Å²) in [5.41, 5.74) is 3.72. The maximum absolute atomic E-state index is 12.9. The second-order valence-electron chi connectivity index (χ2n) is 7.18. The third-order valence-electron chi connectivity index (χ3n) is 5.25. The number of hydrogen-bond acceptors (Lipinski definition) is 4. The number of benzene rings is 2. The van der Waals surface area contributed by atoms with Gasteiger partial charge in [-0.15, -0.1) is 0 Å². The van der Waals surface area contributed by atoms with Gasteiger partial charge in [0.2, 0.25) is 0 Å². The molecule has 0 radical (unpaired) electrons. The number of nitrogens with one attached hydrogen (secondary N) is 1. The summed E-state index contributed by atoms with van der Waals surface area (Å²) in [5.74, 6) is 0.672. The van der Waals surface area contributed by atoms with Crippen molar-refractivity contribution in [2.24, 2.45) is 0 Å². The van der Waals surface area contributed by atoms with Gasteiger partial charge in [0.15, 0.2) is 0 Å². The van der Waals surface area contributed by atoms with E-state index in [1.54, 1.807) is 11.1 Å². The Morgan fingerprint density at radius 2 is 1.72 bits per heavy atom. The summed E-state index contributed by atoms with van der Waals surface area (Å²) in [7, 11) is 0. The summed E-state index contributed by atoms with van der Waals surface area (Å²) in [4.78, 5) is 21.5. The van der Waals surface area contributed by atoms with Crippen LogP contribution in [-0.4, -0.2) is 30.5 Å². The van der Waals surface area contributed by atoms with E-state index in [1.165, 1.54) is 18.5 Å². The molecule has 1 amide bonds. The number of nitrogens with zero attached hydrogens (tertiary/aromatic N) is 3. The van der Waals surface area contributed by atoms with Crippen LogP contribution in [0.15, 0.2) is 72.9 Å². The standard InChI is InChI=1S/C24H26N4O/c1-2-28(22-8-4-3-5-9-22)24(29)19-10-15-23(25-18-19)26-20-11-13-21(14-12-20)27-16-6-7-17-27/h3-5,8-15,18H,2,6-7,16-17H2,1H3,(H,25,26). The predicted molar refractivity (Wildman–Crippen MR) is 119 cm³/mol. The van der Waals surface area contributed by atoms with Gasteiger partial charge in [0.25, 0.3) is 5.91 Å². The molecule has 0 saturated carbocycles. The van der Waals surface area contributed by atoms with Crippen LogP contribution in [0, 0.1) is 0 Å². The molecule has 3 aromatic rings. The van der Waals surface area contributed by atoms with Gasteiger partial charge < -0.3 is 15.1 Å². The number of pyridine rings is 1. The minimum atomic E-state index is -0.0484. The Labute approximate surface area is 172 Å². The van der Waals surface area contributed by atoms with Crippen LogP contribution in [0.4, 0.5) is 22.9 Å². The van der Waals surface area contributed by atoms with Crippen molar-refractivity contribution in [3.05, 3.63) is 78.5 Å². The molecule has 1 fully saturated rings. The van der Waals surface area contributed by atoms with Crippen molar-refractivity contribution in [2.75, 3.05) is 34.8 Å². The van der Waals surface area contributed by atoms with Crippen molar-refractivity contribution in [1.29, 1.82) is 0 Å². The molecule has 0 spiro atoms. The molecule has 1 saturated heterocycles. The Kier molecular flexibility index (Phi) is 5.75. The van der Waals surface area contributed by atoms with Crippen LogP contribution >= 0.6 is 0 Å². The van der Waals surface area contributed by atoms with Gasteiger partial charge in [-0.2, -0.15) is 0 Å². The van der Waals surface area contributed by atoms with Crippen LogP contribution in [0.3, 0.4) is 0 Å². The van der Waals surface area contributed by atoms with Gasteiger partial charge in [0.05, 0.1) is 5.56 Å². The summed E-state index contributed by atoms with van der Waals surface area (Å²) in [6.45, 7) is 4.86. The van der Waals surface area contributed by atoms with Crippen molar-refractivity contribution >= 4 is 28.8 Å². The average Bonchev–Trinajstić information content (AvgIpc) is 3.31. The van der Waals surface area contributed by atoms with Crippen LogP contribution in [0.1, 0.15) is 30.1 Å². The molecule has 148 valence electrons. The van der Waals surface area contributed by atoms with E-state index in [2.05, 4.69) is 39.5 Å². The second kappa shape index (κ2) is 8.78. The fourth-order valence-electron chi connectivity index (χ4n) is 3.68. The van der Waals surface area contributed by atoms with Gasteiger partial charge in [0, 0.05) is 42.9 Å². The third-order valence-corrected chi connectivity index (χ3v) is 5.25. The zero-order valence-corrected chi connectivity index (χ0v) is 16.7. The first-order chi connectivity index (χ1) is 14.2. The van der Waals surface area contributed by atoms with Gasteiger partial charge >= 0.3 is 0 Å². The molecule has 29 heavy (non-hydrogen) atoms. The summed E-state index contributed by atoms with van der Waals surface area (Å²) in [6.07, 6.45) is 4.18. The summed E-state index contributed by atoms with van der Waals surface area (Å²) < 4.78 is 0. The fraction of sp³-hybridized carbons (Fsp3) is 0.250. The van der Waals surface area contributed by atoms with Gasteiger partial charge in [0.1, 0.15) is 5.82 Å². The molecule has 1 aliphatic rings. The topological polar surface area (TPSA) is 48.5 Å². The minimum absolute atomic E-state index is 0.0484. The van der Waals surface area contributed by atoms with E-state index in [0.717, 1.165) is 30.3 Å². The SMILES string of the molecule is CCN(C(=O)c1ccc(Nc2ccc(N3CCCC3)cc2)nc1)c1ccccc1. The lowest BCUT2D eigenvalue weighted by Gasteiger charge is -2.21. The predicted octanol–water partition coefficient (Wildman–Crippen LogP) is 5.09. The Morgan fingerprint density at radius 3 is 2.34 bits per heavy atom. The Balaban J connectivity index is 1.43. The average molecular weight is 386 g/mol. The molecule has 1 aromatic heterocycles. The van der Waals surface area contributed by atoms with Crippen LogP contribution < -0.4 is 15.1 Å². The van der Waals surface area contributed by atoms with E-state index >= 15 is 0 Å². The van der Waals surface area contributed by atoms with E-state index in [4.69, 9.17) is 0 Å². The molecule has 0 atom stereocenters. The van der Waals surface area contributed by atoms with E-state index in [0.29, 0.717) is 12.1 Å². The molecule has 0 aliphatic carbocycles. The Hall–Kier alpha value is -3.34. The molecular weight excluding hydrogens is 360 g/mol. The smallest absolute Gasteiger partial charge is 0.259 e. The van der Waals surface area contributed by atoms with Crippen molar-refractivity contribution in [3.63, 3.8) is 0 Å². The molecule has 0 unspecified atom stereocenters. The van der Waals surface area contributed by atoms with Gasteiger partial charge in [-0.25, -0.2) is 4.98 Å². The highest BCUT2D eigenvalue weighted by molar-refractivity contribution is 6.05. The summed E-state index contributed by atoms with van der Waals surface area (Å²) in [6, 6.07) is 21.8. The van der Waals surface area contributed by atoms with Crippen molar-refractivity contribution in [2.45, 2.75) is 19.8 Å². The van der Waals surface area contributed by atoms with Gasteiger partial charge in [-0.05, 0) is 68.3 Å². The van der Waals surface area contributed by atoms with Crippen LogP contribution in [0.2, 0.25) is 0 Å². The number of carbonyl (C=O) groups excluding carboxylic acids is 1. The second-order valence-corrected chi connectivity index (χ2v) is 7.18. The number of amides is 1. The normalized spacial score (nSPS) is 13.3. The van der Waals surface area contributed by atoms with E-state index in [9.17, 15) is 4.79 Å². The highest BCUT2D eigenvalue weighted by Crippen LogP contribution is 2.24. The Morgan fingerprint density at radius 1 is 1.00 bits per heavy atom. The fourth-order valence-corrected chi connectivity index (χ4v) is 3.68. The van der Waals surface area contributed by atoms with E-state index in [1.807, 2.05) is 49.4 Å². The third kappa shape index (κ3) is 4.40. The summed E-state index contributed by atoms with van der Waals surface area (Å²) >= 11 is 0. The lowest BCUT2D eigenvalue weighted by atomic mass is 10.2. The van der Waals surface area contributed by atoms with Crippen molar-refractivity contribution in [1.82, 2.24) is 4.98 Å². The largest absolute Gasteiger partial charge is 0.372 e. The van der Waals surface area contributed by atoms with Crippen molar-refractivity contribution < 1.29 is 4.79 Å². The molecule has 4 rings (SSSR count). The first-order valence-corrected chi connectivity index (χ1v) is 10.2. The number of para-hydroxylation sites is 1. The molecule has 5 heteroatoms. The molecule has 5 nitrogen and oxygen atoms in total.